The first-order valence-electron chi connectivity index (χ1n) is 4.38. The Morgan fingerprint density at radius 2 is 1.43 bits per heavy atom. The van der Waals surface area contributed by atoms with Gasteiger partial charge in [-0.3, -0.25) is 9.59 Å². The van der Waals surface area contributed by atoms with E-state index < -0.39 is 18.4 Å². The zero-order chi connectivity index (χ0) is 10.1. The molecule has 0 bridgehead atoms. The fourth-order valence-electron chi connectivity index (χ4n) is 1.03. The zero-order valence-electron chi connectivity index (χ0n) is 8.53. The van der Waals surface area contributed by atoms with Crippen molar-refractivity contribution in [2.75, 3.05) is 0 Å². The maximum absolute atomic E-state index is 9.43. The molecule has 14 heavy (non-hydrogen) atoms. The Bertz CT molecular complexity index is 143. The Labute approximate surface area is 106 Å². The van der Waals surface area contributed by atoms with Crippen molar-refractivity contribution in [3.63, 3.8) is 0 Å². The van der Waals surface area contributed by atoms with Gasteiger partial charge in [-0.05, 0) is 0 Å². The summed E-state index contributed by atoms with van der Waals surface area (Å²) in [4.78, 5) is 18.9. The van der Waals surface area contributed by atoms with Gasteiger partial charge < -0.3 is 16.6 Å². The summed E-state index contributed by atoms with van der Waals surface area (Å²) in [6.45, 7) is 0. The molecule has 2 N–H and O–H groups in total. The van der Waals surface area contributed by atoms with Crippen LogP contribution in [-0.2, 0) is 9.59 Å². The van der Waals surface area contributed by atoms with E-state index in [1.54, 1.807) is 0 Å². The second-order valence-electron chi connectivity index (χ2n) is 2.89. The van der Waals surface area contributed by atoms with Gasteiger partial charge in [0, 0.05) is 0 Å². The molecule has 0 amide bonds. The molecule has 1 aliphatic rings. The number of aliphatic carboxylic acids is 2. The molecule has 0 aromatic heterocycles. The summed E-state index contributed by atoms with van der Waals surface area (Å²) in [5.41, 5.74) is 0. The van der Waals surface area contributed by atoms with E-state index in [0.29, 0.717) is 0 Å². The van der Waals surface area contributed by atoms with Crippen LogP contribution in [0.4, 0.5) is 0 Å². The SMILES string of the molecule is O=C(O)CC(=O)O.[CH-]1CCCCC1.[Na+]. The van der Waals surface area contributed by atoms with E-state index in [0.717, 1.165) is 0 Å². The van der Waals surface area contributed by atoms with E-state index in [9.17, 15) is 9.59 Å². The average molecular weight is 210 g/mol. The van der Waals surface area contributed by atoms with Gasteiger partial charge >= 0.3 is 41.5 Å². The van der Waals surface area contributed by atoms with Crippen molar-refractivity contribution in [3.8, 4) is 0 Å². The van der Waals surface area contributed by atoms with Gasteiger partial charge in [-0.1, -0.05) is 19.3 Å². The Balaban J connectivity index is 0. The first-order valence-corrected chi connectivity index (χ1v) is 4.38. The van der Waals surface area contributed by atoms with Gasteiger partial charge in [0.2, 0.25) is 0 Å². The zero-order valence-corrected chi connectivity index (χ0v) is 10.5. The topological polar surface area (TPSA) is 74.6 Å². The molecule has 0 aromatic rings. The van der Waals surface area contributed by atoms with Crippen LogP contribution in [0, 0.1) is 6.42 Å². The van der Waals surface area contributed by atoms with Crippen molar-refractivity contribution < 1.29 is 49.4 Å². The summed E-state index contributed by atoms with van der Waals surface area (Å²) in [5, 5.41) is 15.4. The minimum absolute atomic E-state index is 0. The molecule has 0 spiro atoms. The maximum atomic E-state index is 9.43. The Morgan fingerprint density at radius 1 is 1.00 bits per heavy atom. The van der Waals surface area contributed by atoms with E-state index >= 15 is 0 Å². The molecule has 0 aliphatic heterocycles. The van der Waals surface area contributed by atoms with Crippen LogP contribution in [-0.4, -0.2) is 22.2 Å². The summed E-state index contributed by atoms with van der Waals surface area (Å²) in [6, 6.07) is 0. The van der Waals surface area contributed by atoms with Crippen LogP contribution in [0.25, 0.3) is 0 Å². The van der Waals surface area contributed by atoms with Gasteiger partial charge in [-0.15, -0.1) is 0 Å². The van der Waals surface area contributed by atoms with E-state index in [1.807, 2.05) is 0 Å². The van der Waals surface area contributed by atoms with Crippen LogP contribution in [0.15, 0.2) is 0 Å². The molecule has 0 atom stereocenters. The van der Waals surface area contributed by atoms with Gasteiger partial charge in [0.25, 0.3) is 0 Å². The molecule has 0 aromatic carbocycles. The van der Waals surface area contributed by atoms with Gasteiger partial charge in [0.05, 0.1) is 0 Å². The number of carboxylic acids is 2. The molecule has 0 saturated heterocycles. The average Bonchev–Trinajstić information content (AvgIpc) is 2.06. The third-order valence-electron chi connectivity index (χ3n) is 1.62. The predicted molar refractivity (Wildman–Crippen MR) is 47.3 cm³/mol. The standard InChI is InChI=1S/C6H11.C3H4O4.Na/c1-2-4-6-5-3-1;4-2(5)1-3(6)7;/h1H,2-6H2;1H2,(H,4,5)(H,6,7);/q-1;;+1. The Kier molecular flexibility index (Phi) is 12.9. The summed E-state index contributed by atoms with van der Waals surface area (Å²) >= 11 is 0. The normalized spacial score (nSPS) is 14.3. The van der Waals surface area contributed by atoms with Crippen LogP contribution < -0.4 is 29.6 Å². The fourth-order valence-corrected chi connectivity index (χ4v) is 1.03. The molecule has 1 rings (SSSR count). The second kappa shape index (κ2) is 11.0. The van der Waals surface area contributed by atoms with E-state index in [2.05, 4.69) is 6.42 Å². The number of rotatable bonds is 2. The molecule has 0 unspecified atom stereocenters. The van der Waals surface area contributed by atoms with Crippen molar-refractivity contribution >= 4 is 11.9 Å². The molecule has 5 heteroatoms. The monoisotopic (exact) mass is 210 g/mol. The molecular formula is C9H15NaO4. The van der Waals surface area contributed by atoms with Crippen molar-refractivity contribution in [1.82, 2.24) is 0 Å². The third-order valence-corrected chi connectivity index (χ3v) is 1.62. The quantitative estimate of drug-likeness (QED) is 0.337. The van der Waals surface area contributed by atoms with E-state index in [1.165, 1.54) is 32.1 Å². The summed E-state index contributed by atoms with van der Waals surface area (Å²) < 4.78 is 0. The van der Waals surface area contributed by atoms with Crippen molar-refractivity contribution in [2.24, 2.45) is 0 Å². The van der Waals surface area contributed by atoms with Gasteiger partial charge in [-0.2, -0.15) is 12.8 Å². The van der Waals surface area contributed by atoms with Gasteiger partial charge in [0.15, 0.2) is 0 Å². The Hall–Kier alpha value is -0.0600. The minimum atomic E-state index is -1.31. The van der Waals surface area contributed by atoms with Crippen LogP contribution in [0.5, 0.6) is 0 Å². The van der Waals surface area contributed by atoms with Crippen molar-refractivity contribution in [1.29, 1.82) is 0 Å². The third kappa shape index (κ3) is 14.5. The summed E-state index contributed by atoms with van der Waals surface area (Å²) in [6.07, 6.45) is 8.69. The summed E-state index contributed by atoms with van der Waals surface area (Å²) in [5.74, 6) is -2.62. The largest absolute Gasteiger partial charge is 1.00 e. The van der Waals surface area contributed by atoms with Gasteiger partial charge in [-0.25, -0.2) is 0 Å². The number of carboxylic acid groups (broad SMARTS) is 2. The molecule has 1 saturated carbocycles. The molecule has 76 valence electrons. The van der Waals surface area contributed by atoms with Gasteiger partial charge in [0.1, 0.15) is 6.42 Å². The van der Waals surface area contributed by atoms with Crippen molar-refractivity contribution in [3.05, 3.63) is 6.42 Å². The number of carbonyl (C=O) groups is 2. The summed E-state index contributed by atoms with van der Waals surface area (Å²) in [7, 11) is 0. The minimum Gasteiger partial charge on any atom is -0.481 e. The molecule has 1 fully saturated rings. The number of hydrogen-bond acceptors (Lipinski definition) is 2. The molecule has 1 aliphatic carbocycles. The maximum Gasteiger partial charge on any atom is 1.00 e. The number of hydrogen-bond donors (Lipinski definition) is 2. The van der Waals surface area contributed by atoms with Crippen LogP contribution in [0.3, 0.4) is 0 Å². The fraction of sp³-hybridized carbons (Fsp3) is 0.667. The van der Waals surface area contributed by atoms with E-state index in [-0.39, 0.29) is 29.6 Å². The first kappa shape index (κ1) is 16.4. The van der Waals surface area contributed by atoms with Crippen LogP contribution in [0.1, 0.15) is 38.5 Å². The first-order chi connectivity index (χ1) is 6.13. The van der Waals surface area contributed by atoms with Crippen LogP contribution in [0.2, 0.25) is 0 Å². The molecular weight excluding hydrogens is 195 g/mol. The van der Waals surface area contributed by atoms with Crippen LogP contribution >= 0.6 is 0 Å². The van der Waals surface area contributed by atoms with E-state index in [4.69, 9.17) is 10.2 Å². The molecule has 4 nitrogen and oxygen atoms in total. The smallest absolute Gasteiger partial charge is 0.481 e. The van der Waals surface area contributed by atoms with Crippen molar-refractivity contribution in [2.45, 2.75) is 38.5 Å². The molecule has 0 radical (unpaired) electrons. The second-order valence-corrected chi connectivity index (χ2v) is 2.89. The predicted octanol–water partition coefficient (Wildman–Crippen LogP) is -1.30. The molecule has 0 heterocycles. The Morgan fingerprint density at radius 3 is 1.50 bits per heavy atom.